The van der Waals surface area contributed by atoms with Crippen molar-refractivity contribution in [3.05, 3.63) is 47.7 Å². The van der Waals surface area contributed by atoms with Crippen LogP contribution < -0.4 is 0 Å². The Kier molecular flexibility index (Phi) is 3.28. The van der Waals surface area contributed by atoms with Crippen molar-refractivity contribution in [1.82, 2.24) is 0 Å². The number of aryl methyl sites for hydroxylation is 1. The SMILES string of the molecule is O=C1O/C(=C\CCc2ccccc2)C2(CCCC2)O1. The summed E-state index contributed by atoms with van der Waals surface area (Å²) in [7, 11) is 0. The number of cyclic esters (lactones) is 1. The maximum absolute atomic E-state index is 11.4. The van der Waals surface area contributed by atoms with Gasteiger partial charge in [0.2, 0.25) is 0 Å². The van der Waals surface area contributed by atoms with Crippen molar-refractivity contribution in [1.29, 1.82) is 0 Å². The van der Waals surface area contributed by atoms with E-state index in [1.165, 1.54) is 5.56 Å². The van der Waals surface area contributed by atoms with Gasteiger partial charge in [0.15, 0.2) is 11.4 Å². The van der Waals surface area contributed by atoms with E-state index in [0.717, 1.165) is 44.3 Å². The third-order valence-electron chi connectivity index (χ3n) is 3.94. The number of hydrogen-bond acceptors (Lipinski definition) is 3. The van der Waals surface area contributed by atoms with Gasteiger partial charge in [-0.3, -0.25) is 0 Å². The molecule has 3 nitrogen and oxygen atoms in total. The molecule has 1 aromatic carbocycles. The van der Waals surface area contributed by atoms with Gasteiger partial charge in [0.25, 0.3) is 0 Å². The van der Waals surface area contributed by atoms with Crippen molar-refractivity contribution in [3.63, 3.8) is 0 Å². The fourth-order valence-corrected chi connectivity index (χ4v) is 2.95. The van der Waals surface area contributed by atoms with E-state index in [1.807, 2.05) is 24.3 Å². The fourth-order valence-electron chi connectivity index (χ4n) is 2.95. The van der Waals surface area contributed by atoms with Crippen LogP contribution in [0.25, 0.3) is 0 Å². The van der Waals surface area contributed by atoms with Crippen LogP contribution in [0.5, 0.6) is 0 Å². The average molecular weight is 258 g/mol. The van der Waals surface area contributed by atoms with Crippen molar-refractivity contribution < 1.29 is 14.3 Å². The number of benzene rings is 1. The molecule has 0 aromatic heterocycles. The summed E-state index contributed by atoms with van der Waals surface area (Å²) in [5.74, 6) is 0.742. The van der Waals surface area contributed by atoms with Gasteiger partial charge in [-0.05, 0) is 50.2 Å². The molecule has 2 fully saturated rings. The molecule has 1 aromatic rings. The van der Waals surface area contributed by atoms with Crippen molar-refractivity contribution >= 4 is 6.16 Å². The molecule has 1 heterocycles. The van der Waals surface area contributed by atoms with Gasteiger partial charge in [-0.15, -0.1) is 0 Å². The first-order chi connectivity index (χ1) is 9.28. The summed E-state index contributed by atoms with van der Waals surface area (Å²) >= 11 is 0. The molecule has 3 rings (SSSR count). The minimum atomic E-state index is -0.534. The zero-order valence-corrected chi connectivity index (χ0v) is 10.9. The summed E-state index contributed by atoms with van der Waals surface area (Å²) < 4.78 is 10.6. The predicted octanol–water partition coefficient (Wildman–Crippen LogP) is 3.98. The number of hydrogen-bond donors (Lipinski definition) is 0. The molecule has 0 bridgehead atoms. The lowest BCUT2D eigenvalue weighted by molar-refractivity contribution is 0.0697. The Hall–Kier alpha value is -1.77. The first-order valence-electron chi connectivity index (χ1n) is 6.94. The second-order valence-electron chi connectivity index (χ2n) is 5.25. The van der Waals surface area contributed by atoms with Crippen LogP contribution in [0.15, 0.2) is 42.2 Å². The highest BCUT2D eigenvalue weighted by Crippen LogP contribution is 2.44. The fraction of sp³-hybridized carbons (Fsp3) is 0.438. The van der Waals surface area contributed by atoms with Crippen LogP contribution in [0.3, 0.4) is 0 Å². The van der Waals surface area contributed by atoms with Gasteiger partial charge >= 0.3 is 6.16 Å². The van der Waals surface area contributed by atoms with Gasteiger partial charge in [-0.1, -0.05) is 30.3 Å². The van der Waals surface area contributed by atoms with E-state index in [1.54, 1.807) is 0 Å². The summed E-state index contributed by atoms with van der Waals surface area (Å²) in [6.45, 7) is 0. The Bertz CT molecular complexity index is 484. The van der Waals surface area contributed by atoms with Crippen molar-refractivity contribution in [2.75, 3.05) is 0 Å². The van der Waals surface area contributed by atoms with E-state index in [2.05, 4.69) is 12.1 Å². The van der Waals surface area contributed by atoms with Crippen LogP contribution in [0.4, 0.5) is 4.79 Å². The first kappa shape index (κ1) is 12.3. The molecule has 2 aliphatic rings. The predicted molar refractivity (Wildman–Crippen MR) is 71.6 cm³/mol. The maximum Gasteiger partial charge on any atom is 0.514 e. The zero-order chi connectivity index (χ0) is 13.1. The van der Waals surface area contributed by atoms with Crippen LogP contribution in [0.1, 0.15) is 37.7 Å². The van der Waals surface area contributed by atoms with Gasteiger partial charge in [0, 0.05) is 0 Å². The first-order valence-corrected chi connectivity index (χ1v) is 6.94. The van der Waals surface area contributed by atoms with Crippen molar-refractivity contribution in [2.24, 2.45) is 0 Å². The van der Waals surface area contributed by atoms with Gasteiger partial charge < -0.3 is 9.47 Å². The topological polar surface area (TPSA) is 35.5 Å². The maximum atomic E-state index is 11.4. The summed E-state index contributed by atoms with van der Waals surface area (Å²) in [6, 6.07) is 10.3. The van der Waals surface area contributed by atoms with Gasteiger partial charge in [-0.25, -0.2) is 4.79 Å². The van der Waals surface area contributed by atoms with Gasteiger partial charge in [0.1, 0.15) is 0 Å². The molecule has 0 radical (unpaired) electrons. The highest BCUT2D eigenvalue weighted by molar-refractivity contribution is 5.66. The van der Waals surface area contributed by atoms with E-state index < -0.39 is 11.8 Å². The number of rotatable bonds is 3. The molecule has 0 unspecified atom stereocenters. The second-order valence-corrected chi connectivity index (χ2v) is 5.25. The Morgan fingerprint density at radius 2 is 1.89 bits per heavy atom. The Morgan fingerprint density at radius 3 is 2.63 bits per heavy atom. The third-order valence-corrected chi connectivity index (χ3v) is 3.94. The number of ether oxygens (including phenoxy) is 2. The minimum absolute atomic E-state index is 0.437. The Labute approximate surface area is 113 Å². The van der Waals surface area contributed by atoms with Crippen molar-refractivity contribution in [3.8, 4) is 0 Å². The molecular weight excluding hydrogens is 240 g/mol. The Morgan fingerprint density at radius 1 is 1.16 bits per heavy atom. The lowest BCUT2D eigenvalue weighted by atomic mass is 9.98. The van der Waals surface area contributed by atoms with E-state index in [9.17, 15) is 4.79 Å². The molecule has 1 aliphatic heterocycles. The largest absolute Gasteiger partial charge is 0.514 e. The summed E-state index contributed by atoms with van der Waals surface area (Å²) in [5, 5.41) is 0. The van der Waals surface area contributed by atoms with Crippen LogP contribution in [0, 0.1) is 0 Å². The molecule has 1 aliphatic carbocycles. The lowest BCUT2D eigenvalue weighted by Gasteiger charge is -2.19. The molecule has 1 saturated carbocycles. The molecule has 3 heteroatoms. The summed E-state index contributed by atoms with van der Waals surface area (Å²) in [6.07, 6.45) is 7.33. The molecule has 19 heavy (non-hydrogen) atoms. The quantitative estimate of drug-likeness (QED) is 0.769. The van der Waals surface area contributed by atoms with Crippen LogP contribution >= 0.6 is 0 Å². The van der Waals surface area contributed by atoms with E-state index in [4.69, 9.17) is 9.47 Å². The normalized spacial score (nSPS) is 22.7. The second kappa shape index (κ2) is 5.08. The molecule has 0 atom stereocenters. The van der Waals surface area contributed by atoms with Gasteiger partial charge in [0.05, 0.1) is 0 Å². The minimum Gasteiger partial charge on any atom is -0.419 e. The summed E-state index contributed by atoms with van der Waals surface area (Å²) in [5.41, 5.74) is 0.860. The van der Waals surface area contributed by atoms with E-state index in [0.29, 0.717) is 0 Å². The molecule has 1 saturated heterocycles. The molecule has 0 N–H and O–H groups in total. The molecule has 100 valence electrons. The lowest BCUT2D eigenvalue weighted by Crippen LogP contribution is -2.25. The number of carbonyl (C=O) groups excluding carboxylic acids is 1. The van der Waals surface area contributed by atoms with Gasteiger partial charge in [-0.2, -0.15) is 0 Å². The molecular formula is C16H18O3. The van der Waals surface area contributed by atoms with Crippen LogP contribution in [-0.4, -0.2) is 11.8 Å². The van der Waals surface area contributed by atoms with E-state index in [-0.39, 0.29) is 0 Å². The highest BCUT2D eigenvalue weighted by atomic mass is 16.8. The molecule has 0 amide bonds. The zero-order valence-electron chi connectivity index (χ0n) is 10.9. The van der Waals surface area contributed by atoms with Crippen LogP contribution in [0.2, 0.25) is 0 Å². The third kappa shape index (κ3) is 2.50. The van der Waals surface area contributed by atoms with Crippen molar-refractivity contribution in [2.45, 2.75) is 44.1 Å². The number of allylic oxidation sites excluding steroid dienone is 1. The standard InChI is InChI=1S/C16H18O3/c17-15-18-14(16(19-15)11-4-5-12-16)10-6-9-13-7-2-1-3-8-13/h1-3,7-8,10H,4-6,9,11-12H2/b14-10-. The molecule has 1 spiro atoms. The van der Waals surface area contributed by atoms with E-state index >= 15 is 0 Å². The number of carbonyl (C=O) groups is 1. The van der Waals surface area contributed by atoms with Crippen LogP contribution in [-0.2, 0) is 15.9 Å². The highest BCUT2D eigenvalue weighted by Gasteiger charge is 2.49. The Balaban J connectivity index is 1.67. The monoisotopic (exact) mass is 258 g/mol. The average Bonchev–Trinajstić information content (AvgIpc) is 3.00. The smallest absolute Gasteiger partial charge is 0.419 e. The summed E-state index contributed by atoms with van der Waals surface area (Å²) in [4.78, 5) is 11.4.